The Morgan fingerprint density at radius 2 is 1.41 bits per heavy atom. The van der Waals surface area contributed by atoms with Gasteiger partial charge in [-0.25, -0.2) is 0 Å². The lowest BCUT2D eigenvalue weighted by Gasteiger charge is -2.34. The van der Waals surface area contributed by atoms with Crippen molar-refractivity contribution < 1.29 is 9.22 Å². The van der Waals surface area contributed by atoms with Crippen molar-refractivity contribution in [2.75, 3.05) is 39.0 Å². The molecule has 168 valence electrons. The van der Waals surface area contributed by atoms with Gasteiger partial charge in [0, 0.05) is 0 Å². The standard InChI is InChI=1S/C26H49N2O/c1-5-8-10-14-20-28(4,19-7-3)21-15-12-11-13-16-24-17-18-26(25(27)23-24)29-22-9-6-2/h17-18,23H,5-16,19-22,27H2,1-4H3/q+1. The lowest BCUT2D eigenvalue weighted by molar-refractivity contribution is -0.910. The molecule has 0 aliphatic carbocycles. The van der Waals surface area contributed by atoms with Crippen molar-refractivity contribution in [3.8, 4) is 5.75 Å². The summed E-state index contributed by atoms with van der Waals surface area (Å²) in [5, 5.41) is 0. The maximum Gasteiger partial charge on any atom is 0.142 e. The Kier molecular flexibility index (Phi) is 13.9. The van der Waals surface area contributed by atoms with Gasteiger partial charge in [0.1, 0.15) is 5.75 Å². The SMILES string of the molecule is CCCCCC[N+](C)(CCC)CCCCCCc1ccc(OCCCC)c(N)c1. The van der Waals surface area contributed by atoms with E-state index in [9.17, 15) is 0 Å². The molecule has 0 spiro atoms. The molecular weight excluding hydrogens is 356 g/mol. The zero-order chi connectivity index (χ0) is 21.4. The number of quaternary nitrogens is 1. The van der Waals surface area contributed by atoms with E-state index in [2.05, 4.69) is 40.0 Å². The molecule has 0 fully saturated rings. The van der Waals surface area contributed by atoms with E-state index in [1.807, 2.05) is 6.07 Å². The number of ether oxygens (including phenoxy) is 1. The van der Waals surface area contributed by atoms with E-state index in [1.54, 1.807) is 0 Å². The molecule has 0 saturated heterocycles. The highest BCUT2D eigenvalue weighted by atomic mass is 16.5. The molecule has 0 aromatic heterocycles. The summed E-state index contributed by atoms with van der Waals surface area (Å²) in [7, 11) is 2.47. The van der Waals surface area contributed by atoms with E-state index in [0.29, 0.717) is 0 Å². The van der Waals surface area contributed by atoms with E-state index in [1.165, 1.54) is 87.5 Å². The number of hydrogen-bond acceptors (Lipinski definition) is 2. The van der Waals surface area contributed by atoms with Crippen LogP contribution in [0.15, 0.2) is 18.2 Å². The maximum absolute atomic E-state index is 6.16. The Balaban J connectivity index is 2.25. The van der Waals surface area contributed by atoms with Gasteiger partial charge >= 0.3 is 0 Å². The summed E-state index contributed by atoms with van der Waals surface area (Å²) < 4.78 is 7.03. The van der Waals surface area contributed by atoms with Gasteiger partial charge in [0.05, 0.1) is 39.0 Å². The minimum absolute atomic E-state index is 0.758. The van der Waals surface area contributed by atoms with Crippen LogP contribution in [0.25, 0.3) is 0 Å². The number of nitrogens with two attached hydrogens (primary N) is 1. The fourth-order valence-corrected chi connectivity index (χ4v) is 4.18. The smallest absolute Gasteiger partial charge is 0.142 e. The predicted octanol–water partition coefficient (Wildman–Crippen LogP) is 6.99. The molecular formula is C26H49N2O+. The second-order valence-corrected chi connectivity index (χ2v) is 9.09. The Morgan fingerprint density at radius 1 is 0.759 bits per heavy atom. The molecule has 0 aliphatic rings. The zero-order valence-electron chi connectivity index (χ0n) is 20.0. The largest absolute Gasteiger partial charge is 0.491 e. The van der Waals surface area contributed by atoms with E-state index < -0.39 is 0 Å². The topological polar surface area (TPSA) is 35.2 Å². The van der Waals surface area contributed by atoms with Crippen molar-refractivity contribution in [3.63, 3.8) is 0 Å². The van der Waals surface area contributed by atoms with Gasteiger partial charge in [0.2, 0.25) is 0 Å². The summed E-state index contributed by atoms with van der Waals surface area (Å²) in [6.45, 7) is 11.6. The molecule has 1 atom stereocenters. The highest BCUT2D eigenvalue weighted by Gasteiger charge is 2.19. The molecule has 0 heterocycles. The Bertz CT molecular complexity index is 531. The molecule has 0 amide bonds. The first-order valence-corrected chi connectivity index (χ1v) is 12.4. The Morgan fingerprint density at radius 3 is 2.03 bits per heavy atom. The molecule has 3 nitrogen and oxygen atoms in total. The van der Waals surface area contributed by atoms with E-state index >= 15 is 0 Å². The monoisotopic (exact) mass is 405 g/mol. The number of hydrogen-bond donors (Lipinski definition) is 1. The van der Waals surface area contributed by atoms with E-state index in [-0.39, 0.29) is 0 Å². The van der Waals surface area contributed by atoms with Crippen LogP contribution in [0.3, 0.4) is 0 Å². The van der Waals surface area contributed by atoms with Gasteiger partial charge in [-0.2, -0.15) is 0 Å². The van der Waals surface area contributed by atoms with Crippen molar-refractivity contribution in [2.24, 2.45) is 0 Å². The van der Waals surface area contributed by atoms with Crippen molar-refractivity contribution in [3.05, 3.63) is 23.8 Å². The van der Waals surface area contributed by atoms with Crippen molar-refractivity contribution in [1.82, 2.24) is 0 Å². The van der Waals surface area contributed by atoms with E-state index in [0.717, 1.165) is 37.3 Å². The molecule has 0 bridgehead atoms. The minimum Gasteiger partial charge on any atom is -0.491 e. The quantitative estimate of drug-likeness (QED) is 0.162. The molecule has 0 saturated carbocycles. The van der Waals surface area contributed by atoms with Crippen LogP contribution < -0.4 is 10.5 Å². The van der Waals surface area contributed by atoms with Gasteiger partial charge in [-0.05, 0) is 69.1 Å². The van der Waals surface area contributed by atoms with Gasteiger partial charge in [0.25, 0.3) is 0 Å². The molecule has 1 aromatic carbocycles. The average Bonchev–Trinajstić information content (AvgIpc) is 2.70. The predicted molar refractivity (Wildman–Crippen MR) is 129 cm³/mol. The molecule has 2 N–H and O–H groups in total. The first-order chi connectivity index (χ1) is 14.0. The first-order valence-electron chi connectivity index (χ1n) is 12.4. The van der Waals surface area contributed by atoms with Crippen LogP contribution in [-0.2, 0) is 6.42 Å². The average molecular weight is 406 g/mol. The molecule has 3 heteroatoms. The summed E-state index contributed by atoms with van der Waals surface area (Å²) >= 11 is 0. The van der Waals surface area contributed by atoms with Gasteiger partial charge in [-0.15, -0.1) is 0 Å². The van der Waals surface area contributed by atoms with Crippen molar-refractivity contribution in [2.45, 2.75) is 97.8 Å². The van der Waals surface area contributed by atoms with Gasteiger partial charge in [-0.3, -0.25) is 0 Å². The lowest BCUT2D eigenvalue weighted by atomic mass is 10.0. The molecule has 1 unspecified atom stereocenters. The fraction of sp³-hybridized carbons (Fsp3) is 0.769. The first kappa shape index (κ1) is 25.8. The molecule has 0 radical (unpaired) electrons. The third-order valence-electron chi connectivity index (χ3n) is 6.06. The van der Waals surface area contributed by atoms with Gasteiger partial charge < -0.3 is 15.0 Å². The minimum atomic E-state index is 0.758. The highest BCUT2D eigenvalue weighted by molar-refractivity contribution is 5.54. The van der Waals surface area contributed by atoms with E-state index in [4.69, 9.17) is 10.5 Å². The van der Waals surface area contributed by atoms with Crippen LogP contribution in [0.1, 0.15) is 97.0 Å². The number of benzene rings is 1. The molecule has 1 rings (SSSR count). The molecule has 29 heavy (non-hydrogen) atoms. The summed E-state index contributed by atoms with van der Waals surface area (Å²) in [4.78, 5) is 0. The third kappa shape index (κ3) is 11.5. The maximum atomic E-state index is 6.16. The van der Waals surface area contributed by atoms with Crippen LogP contribution in [0.2, 0.25) is 0 Å². The Hall–Kier alpha value is -1.22. The van der Waals surface area contributed by atoms with Crippen LogP contribution in [-0.4, -0.2) is 37.8 Å². The molecule has 0 aliphatic heterocycles. The number of anilines is 1. The van der Waals surface area contributed by atoms with Crippen LogP contribution >= 0.6 is 0 Å². The zero-order valence-corrected chi connectivity index (χ0v) is 20.0. The summed E-state index contributed by atoms with van der Waals surface area (Å²) in [5.41, 5.74) is 8.29. The van der Waals surface area contributed by atoms with Gasteiger partial charge in [0.15, 0.2) is 0 Å². The second-order valence-electron chi connectivity index (χ2n) is 9.09. The number of aryl methyl sites for hydroxylation is 1. The summed E-state index contributed by atoms with van der Waals surface area (Å²) in [5.74, 6) is 0.842. The number of rotatable bonds is 18. The third-order valence-corrected chi connectivity index (χ3v) is 6.06. The van der Waals surface area contributed by atoms with Crippen LogP contribution in [0.5, 0.6) is 5.75 Å². The number of nitrogen functional groups attached to an aromatic ring is 1. The highest BCUT2D eigenvalue weighted by Crippen LogP contribution is 2.24. The van der Waals surface area contributed by atoms with Crippen molar-refractivity contribution in [1.29, 1.82) is 0 Å². The van der Waals surface area contributed by atoms with Gasteiger partial charge in [-0.1, -0.05) is 52.5 Å². The number of unbranched alkanes of at least 4 members (excludes halogenated alkanes) is 7. The molecule has 1 aromatic rings. The lowest BCUT2D eigenvalue weighted by Crippen LogP contribution is -2.46. The second kappa shape index (κ2) is 15.6. The summed E-state index contributed by atoms with van der Waals surface area (Å²) in [6.07, 6.45) is 15.4. The normalized spacial score (nSPS) is 13.4. The Labute approximate surface area is 181 Å². The van der Waals surface area contributed by atoms with Crippen LogP contribution in [0, 0.1) is 0 Å². The number of nitrogens with zero attached hydrogens (tertiary/aromatic N) is 1. The van der Waals surface area contributed by atoms with Crippen LogP contribution in [0.4, 0.5) is 5.69 Å². The summed E-state index contributed by atoms with van der Waals surface area (Å²) in [6, 6.07) is 6.34. The van der Waals surface area contributed by atoms with Crippen molar-refractivity contribution >= 4 is 5.69 Å². The fourth-order valence-electron chi connectivity index (χ4n) is 4.18.